The Morgan fingerprint density at radius 3 is 2.21 bits per heavy atom. The van der Waals surface area contributed by atoms with E-state index in [0.717, 1.165) is 0 Å². The SMILES string of the molecule is CCCCCCCCCCC1CSC2(O1)SCCS2. The molecule has 0 bridgehead atoms. The van der Waals surface area contributed by atoms with Crippen LogP contribution < -0.4 is 0 Å². The van der Waals surface area contributed by atoms with Crippen LogP contribution in [0.4, 0.5) is 0 Å². The lowest BCUT2D eigenvalue weighted by Gasteiger charge is -2.20. The van der Waals surface area contributed by atoms with Gasteiger partial charge >= 0.3 is 0 Å². The van der Waals surface area contributed by atoms with E-state index in [9.17, 15) is 0 Å². The molecule has 0 N–H and O–H groups in total. The van der Waals surface area contributed by atoms with E-state index in [1.165, 1.54) is 75.0 Å². The van der Waals surface area contributed by atoms with Crippen molar-refractivity contribution in [3.05, 3.63) is 0 Å². The third-order valence-corrected chi connectivity index (χ3v) is 8.86. The van der Waals surface area contributed by atoms with Gasteiger partial charge in [-0.2, -0.15) is 0 Å². The molecule has 0 radical (unpaired) electrons. The number of hydrogen-bond acceptors (Lipinski definition) is 4. The minimum Gasteiger partial charge on any atom is -0.342 e. The van der Waals surface area contributed by atoms with Gasteiger partial charge in [-0.25, -0.2) is 0 Å². The molecule has 2 fully saturated rings. The van der Waals surface area contributed by atoms with Crippen molar-refractivity contribution in [3.63, 3.8) is 0 Å². The van der Waals surface area contributed by atoms with Gasteiger partial charge in [-0.05, 0) is 6.42 Å². The molecule has 2 rings (SSSR count). The Bertz CT molecular complexity index is 242. The summed E-state index contributed by atoms with van der Waals surface area (Å²) in [6.45, 7) is 2.29. The van der Waals surface area contributed by atoms with E-state index < -0.39 is 0 Å². The van der Waals surface area contributed by atoms with Crippen LogP contribution >= 0.6 is 35.3 Å². The number of thioether (sulfide) groups is 3. The lowest BCUT2D eigenvalue weighted by atomic mass is 10.1. The third kappa shape index (κ3) is 5.72. The van der Waals surface area contributed by atoms with Gasteiger partial charge in [0, 0.05) is 17.3 Å². The van der Waals surface area contributed by atoms with Gasteiger partial charge < -0.3 is 4.74 Å². The topological polar surface area (TPSA) is 9.23 Å². The van der Waals surface area contributed by atoms with Crippen LogP contribution in [-0.2, 0) is 4.74 Å². The predicted octanol–water partition coefficient (Wildman–Crippen LogP) is 5.74. The maximum Gasteiger partial charge on any atom is 0.209 e. The summed E-state index contributed by atoms with van der Waals surface area (Å²) in [5.41, 5.74) is 0. The van der Waals surface area contributed by atoms with Crippen molar-refractivity contribution in [1.82, 2.24) is 0 Å². The van der Waals surface area contributed by atoms with Gasteiger partial charge in [-0.15, -0.1) is 35.3 Å². The quantitative estimate of drug-likeness (QED) is 0.501. The first-order valence-corrected chi connectivity index (χ1v) is 10.9. The fraction of sp³-hybridized carbons (Fsp3) is 1.00. The molecule has 0 aromatic heterocycles. The van der Waals surface area contributed by atoms with Gasteiger partial charge in [0.25, 0.3) is 0 Å². The first-order valence-electron chi connectivity index (χ1n) is 7.94. The molecule has 112 valence electrons. The fourth-order valence-electron chi connectivity index (χ4n) is 2.64. The highest BCUT2D eigenvalue weighted by Gasteiger charge is 2.44. The van der Waals surface area contributed by atoms with Gasteiger partial charge in [0.15, 0.2) is 0 Å². The summed E-state index contributed by atoms with van der Waals surface area (Å²) in [7, 11) is 0. The highest BCUT2D eigenvalue weighted by atomic mass is 32.3. The van der Waals surface area contributed by atoms with Crippen LogP contribution in [0.15, 0.2) is 0 Å². The molecule has 0 saturated carbocycles. The largest absolute Gasteiger partial charge is 0.342 e. The molecule has 4 heteroatoms. The number of unbranched alkanes of at least 4 members (excludes halogenated alkanes) is 7. The molecule has 1 spiro atoms. The maximum atomic E-state index is 6.26. The number of hydrogen-bond donors (Lipinski definition) is 0. The molecule has 2 aliphatic rings. The highest BCUT2D eigenvalue weighted by Crippen LogP contribution is 2.57. The van der Waals surface area contributed by atoms with E-state index in [1.54, 1.807) is 0 Å². The predicted molar refractivity (Wildman–Crippen MR) is 92.2 cm³/mol. The molecule has 1 unspecified atom stereocenters. The van der Waals surface area contributed by atoms with E-state index in [2.05, 4.69) is 6.92 Å². The van der Waals surface area contributed by atoms with E-state index in [4.69, 9.17) is 4.74 Å². The lowest BCUT2D eigenvalue weighted by molar-refractivity contribution is 0.0843. The summed E-state index contributed by atoms with van der Waals surface area (Å²) in [5, 5.41) is 0. The van der Waals surface area contributed by atoms with Gasteiger partial charge in [-0.3, -0.25) is 0 Å². The summed E-state index contributed by atoms with van der Waals surface area (Å²) in [4.78, 5) is 0. The summed E-state index contributed by atoms with van der Waals surface area (Å²) in [5.74, 6) is 3.75. The monoisotopic (exact) mass is 320 g/mol. The average Bonchev–Trinajstić information content (AvgIpc) is 3.04. The first kappa shape index (κ1) is 16.4. The standard InChI is InChI=1S/C15H28OS3/c1-2-3-4-5-6-7-8-9-10-14-13-19-15(16-14)17-11-12-18-15/h14H,2-13H2,1H3. The molecule has 1 nitrogen and oxygen atoms in total. The first-order chi connectivity index (χ1) is 9.35. The minimum absolute atomic E-state index is 0.102. The molecule has 2 saturated heterocycles. The van der Waals surface area contributed by atoms with E-state index >= 15 is 0 Å². The zero-order valence-corrected chi connectivity index (χ0v) is 14.6. The second-order valence-electron chi connectivity index (χ2n) is 5.51. The fourth-order valence-corrected chi connectivity index (χ4v) is 7.45. The number of ether oxygens (including phenoxy) is 1. The van der Waals surface area contributed by atoms with Crippen molar-refractivity contribution in [2.75, 3.05) is 17.3 Å². The van der Waals surface area contributed by atoms with Crippen LogP contribution in [-0.4, -0.2) is 27.0 Å². The van der Waals surface area contributed by atoms with Gasteiger partial charge in [0.2, 0.25) is 3.60 Å². The van der Waals surface area contributed by atoms with Crippen LogP contribution in [0.3, 0.4) is 0 Å². The van der Waals surface area contributed by atoms with E-state index in [1.807, 2.05) is 35.3 Å². The smallest absolute Gasteiger partial charge is 0.209 e. The molecule has 0 aromatic rings. The Hall–Kier alpha value is 1.01. The molecular formula is C15H28OS3. The zero-order chi connectivity index (χ0) is 13.4. The second-order valence-corrected chi connectivity index (χ2v) is 10.0. The molecule has 19 heavy (non-hydrogen) atoms. The Morgan fingerprint density at radius 2 is 1.53 bits per heavy atom. The molecule has 0 amide bonds. The third-order valence-electron chi connectivity index (χ3n) is 3.78. The summed E-state index contributed by atoms with van der Waals surface area (Å²) >= 11 is 6.07. The molecule has 0 aliphatic carbocycles. The normalized spacial score (nSPS) is 25.4. The van der Waals surface area contributed by atoms with Crippen LogP contribution in [0.5, 0.6) is 0 Å². The highest BCUT2D eigenvalue weighted by molar-refractivity contribution is 8.35. The maximum absolute atomic E-state index is 6.26. The molecular weight excluding hydrogens is 292 g/mol. The van der Waals surface area contributed by atoms with Crippen LogP contribution in [0.25, 0.3) is 0 Å². The van der Waals surface area contributed by atoms with Crippen LogP contribution in [0, 0.1) is 0 Å². The van der Waals surface area contributed by atoms with Crippen molar-refractivity contribution in [3.8, 4) is 0 Å². The molecule has 2 heterocycles. The molecule has 2 aliphatic heterocycles. The second kappa shape index (κ2) is 9.11. The summed E-state index contributed by atoms with van der Waals surface area (Å²) < 4.78 is 6.36. The zero-order valence-electron chi connectivity index (χ0n) is 12.2. The van der Waals surface area contributed by atoms with Crippen molar-refractivity contribution in [2.45, 2.75) is 74.4 Å². The number of rotatable bonds is 9. The van der Waals surface area contributed by atoms with Gasteiger partial charge in [0.1, 0.15) is 0 Å². The van der Waals surface area contributed by atoms with Gasteiger partial charge in [-0.1, -0.05) is 58.3 Å². The van der Waals surface area contributed by atoms with Gasteiger partial charge in [0.05, 0.1) is 6.10 Å². The van der Waals surface area contributed by atoms with Crippen molar-refractivity contribution < 1.29 is 4.74 Å². The Labute approximate surface area is 131 Å². The molecule has 1 atom stereocenters. The summed E-state index contributed by atoms with van der Waals surface area (Å²) in [6.07, 6.45) is 13.1. The lowest BCUT2D eigenvalue weighted by Crippen LogP contribution is -2.16. The van der Waals surface area contributed by atoms with Crippen molar-refractivity contribution >= 4 is 35.3 Å². The van der Waals surface area contributed by atoms with E-state index in [0.29, 0.717) is 6.10 Å². The van der Waals surface area contributed by atoms with Crippen molar-refractivity contribution in [2.24, 2.45) is 0 Å². The van der Waals surface area contributed by atoms with Crippen LogP contribution in [0.2, 0.25) is 0 Å². The Morgan fingerprint density at radius 1 is 0.895 bits per heavy atom. The summed E-state index contributed by atoms with van der Waals surface area (Å²) in [6, 6.07) is 0. The van der Waals surface area contributed by atoms with Crippen LogP contribution in [0.1, 0.15) is 64.7 Å². The Kier molecular flexibility index (Phi) is 7.86. The average molecular weight is 321 g/mol. The minimum atomic E-state index is 0.102. The Balaban J connectivity index is 1.44. The molecule has 0 aromatic carbocycles. The van der Waals surface area contributed by atoms with E-state index in [-0.39, 0.29) is 3.60 Å². The van der Waals surface area contributed by atoms with Crippen molar-refractivity contribution in [1.29, 1.82) is 0 Å².